The van der Waals surface area contributed by atoms with Crippen LogP contribution in [0, 0.1) is 6.92 Å². The second-order valence-electron chi connectivity index (χ2n) is 8.48. The number of nitrogens with one attached hydrogen (secondary N) is 2. The molecule has 3 aromatic carbocycles. The van der Waals surface area contributed by atoms with E-state index in [4.69, 9.17) is 27.9 Å². The normalized spacial score (nSPS) is 13.1. The molecule has 0 spiro atoms. The number of ether oxygens (including phenoxy) is 1. The zero-order valence-electron chi connectivity index (χ0n) is 20.2. The van der Waals surface area contributed by atoms with E-state index in [1.165, 1.54) is 4.90 Å². The van der Waals surface area contributed by atoms with Gasteiger partial charge in [-0.15, -0.1) is 0 Å². The Balaban J connectivity index is 1.56. The number of benzene rings is 3. The zero-order chi connectivity index (χ0) is 26.4. The van der Waals surface area contributed by atoms with E-state index >= 15 is 0 Å². The highest BCUT2D eigenvalue weighted by atomic mass is 35.5. The van der Waals surface area contributed by atoms with Gasteiger partial charge in [-0.05, 0) is 79.2 Å². The van der Waals surface area contributed by atoms with Crippen molar-refractivity contribution < 1.29 is 19.1 Å². The summed E-state index contributed by atoms with van der Waals surface area (Å²) in [5, 5.41) is 6.76. The Hall–Kier alpha value is -3.59. The summed E-state index contributed by atoms with van der Waals surface area (Å²) >= 11 is 11.9. The summed E-state index contributed by atoms with van der Waals surface area (Å²) in [6, 6.07) is 18.0. The lowest BCUT2D eigenvalue weighted by Crippen LogP contribution is -2.48. The number of carbonyl (C=O) groups excluding carboxylic acids is 3. The minimum Gasteiger partial charge on any atom is -0.378 e. The average Bonchev–Trinajstić information content (AvgIpc) is 2.90. The van der Waals surface area contributed by atoms with Crippen molar-refractivity contribution in [2.45, 2.75) is 6.92 Å². The molecule has 4 amide bonds. The largest absolute Gasteiger partial charge is 0.378 e. The van der Waals surface area contributed by atoms with Crippen molar-refractivity contribution >= 4 is 58.1 Å². The van der Waals surface area contributed by atoms with Gasteiger partial charge >= 0.3 is 6.03 Å². The molecule has 0 bridgehead atoms. The fraction of sp³-hybridized carbons (Fsp3) is 0.222. The maximum Gasteiger partial charge on any atom is 0.326 e. The van der Waals surface area contributed by atoms with Gasteiger partial charge in [-0.1, -0.05) is 23.2 Å². The second kappa shape index (κ2) is 12.1. The zero-order valence-corrected chi connectivity index (χ0v) is 21.7. The number of aryl methyl sites for hydroxylation is 1. The number of hydrogen-bond acceptors (Lipinski definition) is 4. The number of nitrogens with zero attached hydrogens (tertiary/aromatic N) is 2. The van der Waals surface area contributed by atoms with Crippen LogP contribution in [0.2, 0.25) is 10.0 Å². The monoisotopic (exact) mass is 540 g/mol. The molecule has 37 heavy (non-hydrogen) atoms. The average molecular weight is 541 g/mol. The topological polar surface area (TPSA) is 91.0 Å². The summed E-state index contributed by atoms with van der Waals surface area (Å²) in [5.41, 5.74) is 2.72. The number of hydrogen-bond donors (Lipinski definition) is 2. The molecule has 1 heterocycles. The van der Waals surface area contributed by atoms with Crippen LogP contribution in [0.1, 0.15) is 15.9 Å². The fourth-order valence-corrected chi connectivity index (χ4v) is 4.13. The van der Waals surface area contributed by atoms with Crippen LogP contribution >= 0.6 is 23.2 Å². The van der Waals surface area contributed by atoms with Crippen LogP contribution in [-0.4, -0.2) is 55.6 Å². The van der Waals surface area contributed by atoms with E-state index in [-0.39, 0.29) is 18.4 Å². The van der Waals surface area contributed by atoms with Crippen LogP contribution in [0.25, 0.3) is 0 Å². The molecule has 0 saturated carbocycles. The van der Waals surface area contributed by atoms with E-state index in [0.717, 1.165) is 0 Å². The number of halogens is 2. The molecule has 1 fully saturated rings. The summed E-state index contributed by atoms with van der Waals surface area (Å²) < 4.78 is 5.34. The molecule has 0 aliphatic carbocycles. The third-order valence-electron chi connectivity index (χ3n) is 5.85. The molecule has 192 valence electrons. The standard InChI is InChI=1S/C27H26Cl2N4O4/c1-18-16-19(26(35)30-22-7-3-20(28)4-8-22)2-11-24(18)33(17-25(34)32-12-14-37-15-13-32)27(36)31-23-9-5-21(29)6-10-23/h2-11,16H,12-15,17H2,1H3,(H,30,35)(H,31,36). The Morgan fingerprint density at radius 2 is 1.43 bits per heavy atom. The van der Waals surface area contributed by atoms with Crippen molar-refractivity contribution in [3.8, 4) is 0 Å². The lowest BCUT2D eigenvalue weighted by molar-refractivity contribution is -0.133. The van der Waals surface area contributed by atoms with E-state index in [0.29, 0.717) is 64.5 Å². The third kappa shape index (κ3) is 7.01. The van der Waals surface area contributed by atoms with Crippen LogP contribution in [0.3, 0.4) is 0 Å². The Morgan fingerprint density at radius 1 is 0.865 bits per heavy atom. The van der Waals surface area contributed by atoms with Gasteiger partial charge in [0.2, 0.25) is 5.91 Å². The summed E-state index contributed by atoms with van der Waals surface area (Å²) in [4.78, 5) is 42.3. The van der Waals surface area contributed by atoms with Gasteiger partial charge in [0.05, 0.1) is 13.2 Å². The van der Waals surface area contributed by atoms with Crippen LogP contribution in [-0.2, 0) is 9.53 Å². The van der Waals surface area contributed by atoms with Gasteiger partial charge in [-0.3, -0.25) is 14.5 Å². The third-order valence-corrected chi connectivity index (χ3v) is 6.35. The highest BCUT2D eigenvalue weighted by molar-refractivity contribution is 6.31. The van der Waals surface area contributed by atoms with Crippen molar-refractivity contribution in [2.24, 2.45) is 0 Å². The molecule has 8 nitrogen and oxygen atoms in total. The van der Waals surface area contributed by atoms with Gasteiger partial charge < -0.3 is 20.3 Å². The Morgan fingerprint density at radius 3 is 2.00 bits per heavy atom. The molecule has 10 heteroatoms. The molecule has 0 radical (unpaired) electrons. The predicted molar refractivity (Wildman–Crippen MR) is 146 cm³/mol. The summed E-state index contributed by atoms with van der Waals surface area (Å²) in [6.07, 6.45) is 0. The Kier molecular flexibility index (Phi) is 8.66. The number of urea groups is 1. The molecular weight excluding hydrogens is 515 g/mol. The highest BCUT2D eigenvalue weighted by Gasteiger charge is 2.25. The van der Waals surface area contributed by atoms with Crippen molar-refractivity contribution in [1.82, 2.24) is 4.90 Å². The molecular formula is C27H26Cl2N4O4. The molecule has 4 rings (SSSR count). The highest BCUT2D eigenvalue weighted by Crippen LogP contribution is 2.24. The van der Waals surface area contributed by atoms with E-state index in [1.54, 1.807) is 78.6 Å². The van der Waals surface area contributed by atoms with Crippen LogP contribution in [0.4, 0.5) is 21.9 Å². The maximum absolute atomic E-state index is 13.4. The summed E-state index contributed by atoms with van der Waals surface area (Å²) in [6.45, 7) is 3.47. The molecule has 0 unspecified atom stereocenters. The first-order chi connectivity index (χ1) is 17.8. The molecule has 1 aliphatic heterocycles. The van der Waals surface area contributed by atoms with Gasteiger partial charge in [0, 0.05) is 45.8 Å². The van der Waals surface area contributed by atoms with Gasteiger partial charge in [0.1, 0.15) is 6.54 Å². The number of carbonyl (C=O) groups is 3. The first-order valence-electron chi connectivity index (χ1n) is 11.7. The van der Waals surface area contributed by atoms with E-state index < -0.39 is 6.03 Å². The number of amides is 4. The molecule has 1 aliphatic rings. The Bertz CT molecular complexity index is 1280. The van der Waals surface area contributed by atoms with Gasteiger partial charge in [0.25, 0.3) is 5.91 Å². The number of anilines is 3. The SMILES string of the molecule is Cc1cc(C(=O)Nc2ccc(Cl)cc2)ccc1N(CC(=O)N1CCOCC1)C(=O)Nc1ccc(Cl)cc1. The van der Waals surface area contributed by atoms with Crippen molar-refractivity contribution in [1.29, 1.82) is 0 Å². The minimum absolute atomic E-state index is 0.170. The Labute approximate surface area is 225 Å². The first kappa shape index (κ1) is 26.5. The molecule has 0 aromatic heterocycles. The summed E-state index contributed by atoms with van der Waals surface area (Å²) in [5.74, 6) is -0.503. The van der Waals surface area contributed by atoms with Gasteiger partial charge in [-0.25, -0.2) is 4.79 Å². The number of rotatable bonds is 6. The lowest BCUT2D eigenvalue weighted by Gasteiger charge is -2.30. The van der Waals surface area contributed by atoms with Crippen molar-refractivity contribution in [3.05, 3.63) is 87.9 Å². The molecule has 2 N–H and O–H groups in total. The van der Waals surface area contributed by atoms with E-state index in [1.807, 2.05) is 0 Å². The number of morpholine rings is 1. The second-order valence-corrected chi connectivity index (χ2v) is 9.35. The quantitative estimate of drug-likeness (QED) is 0.434. The maximum atomic E-state index is 13.4. The predicted octanol–water partition coefficient (Wildman–Crippen LogP) is 5.45. The molecule has 3 aromatic rings. The first-order valence-corrected chi connectivity index (χ1v) is 12.4. The molecule has 0 atom stereocenters. The molecule has 1 saturated heterocycles. The van der Waals surface area contributed by atoms with Gasteiger partial charge in [-0.2, -0.15) is 0 Å². The van der Waals surface area contributed by atoms with E-state index in [9.17, 15) is 14.4 Å². The van der Waals surface area contributed by atoms with E-state index in [2.05, 4.69) is 10.6 Å². The summed E-state index contributed by atoms with van der Waals surface area (Å²) in [7, 11) is 0. The fourth-order valence-electron chi connectivity index (χ4n) is 3.87. The van der Waals surface area contributed by atoms with Crippen molar-refractivity contribution in [2.75, 3.05) is 48.4 Å². The van der Waals surface area contributed by atoms with Crippen LogP contribution in [0.15, 0.2) is 66.7 Å². The van der Waals surface area contributed by atoms with Crippen LogP contribution in [0.5, 0.6) is 0 Å². The minimum atomic E-state index is -0.481. The van der Waals surface area contributed by atoms with Gasteiger partial charge in [0.15, 0.2) is 0 Å². The van der Waals surface area contributed by atoms with Crippen LogP contribution < -0.4 is 15.5 Å². The lowest BCUT2D eigenvalue weighted by atomic mass is 10.1. The smallest absolute Gasteiger partial charge is 0.326 e. The van der Waals surface area contributed by atoms with Crippen molar-refractivity contribution in [3.63, 3.8) is 0 Å².